The first-order valence-corrected chi connectivity index (χ1v) is 0.612. The van der Waals surface area contributed by atoms with Gasteiger partial charge >= 0.3 is 53.9 Å². The summed E-state index contributed by atoms with van der Waals surface area (Å²) in [5.74, 6) is 0. The van der Waals surface area contributed by atoms with Gasteiger partial charge in [-0.25, -0.2) is 0 Å². The van der Waals surface area contributed by atoms with Crippen molar-refractivity contribution in [3.8, 4) is 0 Å². The Morgan fingerprint density at radius 2 is 1.29 bits per heavy atom. The van der Waals surface area contributed by atoms with Gasteiger partial charge in [0.15, 0.2) is 0 Å². The molecule has 0 heterocycles. The zero-order valence-electron chi connectivity index (χ0n) is 3.31. The second-order valence-electron chi connectivity index (χ2n) is 0.250. The average Bonchev–Trinajstić information content (AvgIpc) is 0.811. The van der Waals surface area contributed by atoms with Gasteiger partial charge in [-0.05, 0) is 6.16 Å². The van der Waals surface area contributed by atoms with Crippen LogP contribution in [0.3, 0.4) is 0 Å². The van der Waals surface area contributed by atoms with Gasteiger partial charge in [0.25, 0.3) is 0 Å². The van der Waals surface area contributed by atoms with Crippen LogP contribution < -0.4 is 10.2 Å². The Morgan fingerprint density at radius 3 is 1.29 bits per heavy atom. The normalized spacial score (nSPS) is 3.43. The third-order valence-electron chi connectivity index (χ3n) is 0. The minimum atomic E-state index is -2.33. The van der Waals surface area contributed by atoms with Crippen LogP contribution >= 0.6 is 0 Å². The summed E-state index contributed by atoms with van der Waals surface area (Å²) >= 11 is 0. The summed E-state index contributed by atoms with van der Waals surface area (Å²) in [6.07, 6.45) is -2.33. The monoisotopic (exact) mass is 214 g/mol. The first-order valence-electron chi connectivity index (χ1n) is 0.612. The Hall–Kier alpha value is 0.945. The van der Waals surface area contributed by atoms with Gasteiger partial charge in [0.05, 0.1) is 0 Å². The number of hydrogen-bond acceptors (Lipinski definition) is 3. The van der Waals surface area contributed by atoms with Gasteiger partial charge in [0, 0.05) is 0 Å². The van der Waals surface area contributed by atoms with Crippen LogP contribution in [0.2, 0.25) is 0 Å². The summed E-state index contributed by atoms with van der Waals surface area (Å²) in [7, 11) is 0. The Balaban J connectivity index is -0.0000000150. The summed E-state index contributed by atoms with van der Waals surface area (Å²) in [6, 6.07) is 0. The van der Waals surface area contributed by atoms with Crippen LogP contribution in [0.4, 0.5) is 4.79 Å². The molecule has 1 radical (unpaired) electrons. The molecule has 0 saturated carbocycles. The van der Waals surface area contributed by atoms with Crippen molar-refractivity contribution in [1.29, 1.82) is 0 Å². The molecule has 6 heteroatoms. The molecule has 7 heavy (non-hydrogen) atoms. The molecule has 0 aromatic carbocycles. The molecule has 33 valence electrons. The molecule has 3 nitrogen and oxygen atoms in total. The standard InChI is InChI=1S/CH2O3.Al.Cu.Zn/c2-1(3)4;;;/h(H2,2,3,4);;;/q;+3;2*+2/p-2. The van der Waals surface area contributed by atoms with Crippen molar-refractivity contribution in [3.63, 3.8) is 0 Å². The molecule has 0 aliphatic heterocycles. The van der Waals surface area contributed by atoms with Crippen LogP contribution in [0.5, 0.6) is 0 Å². The molecular formula is CAlCuO3Zn+5. The van der Waals surface area contributed by atoms with E-state index in [1.165, 1.54) is 0 Å². The van der Waals surface area contributed by atoms with Gasteiger partial charge in [-0.3, -0.25) is 0 Å². The minimum Gasteiger partial charge on any atom is -0.652 e. The zero-order valence-corrected chi connectivity index (χ0v) is 8.37. The average molecular weight is 216 g/mol. The van der Waals surface area contributed by atoms with Crippen LogP contribution in [-0.4, -0.2) is 23.5 Å². The molecule has 0 N–H and O–H groups in total. The Kier molecular flexibility index (Phi) is 55.5. The third kappa shape index (κ3) is 190. The van der Waals surface area contributed by atoms with Crippen LogP contribution in [0, 0.1) is 0 Å². The molecule has 0 fully saturated rings. The van der Waals surface area contributed by atoms with Crippen LogP contribution in [0.1, 0.15) is 0 Å². The van der Waals surface area contributed by atoms with Gasteiger partial charge in [0.1, 0.15) is 0 Å². The van der Waals surface area contributed by atoms with E-state index in [0.717, 1.165) is 0 Å². The van der Waals surface area contributed by atoms with E-state index >= 15 is 0 Å². The van der Waals surface area contributed by atoms with Crippen molar-refractivity contribution in [2.45, 2.75) is 0 Å². The Morgan fingerprint density at radius 1 is 1.29 bits per heavy atom. The maximum atomic E-state index is 8.33. The van der Waals surface area contributed by atoms with E-state index in [4.69, 9.17) is 15.0 Å². The fourth-order valence-corrected chi connectivity index (χ4v) is 0. The predicted octanol–water partition coefficient (Wildman–Crippen LogP) is -2.83. The maximum absolute atomic E-state index is 8.33. The largest absolute Gasteiger partial charge is 3.00 e. The van der Waals surface area contributed by atoms with E-state index in [9.17, 15) is 0 Å². The van der Waals surface area contributed by atoms with Crippen molar-refractivity contribution in [3.05, 3.63) is 0 Å². The molecule has 0 rings (SSSR count). The molecule has 0 spiro atoms. The molecule has 0 atom stereocenters. The topological polar surface area (TPSA) is 63.2 Å². The Bertz CT molecular complexity index is 37.9. The van der Waals surface area contributed by atoms with Crippen molar-refractivity contribution in [1.82, 2.24) is 0 Å². The van der Waals surface area contributed by atoms with E-state index in [0.29, 0.717) is 0 Å². The maximum Gasteiger partial charge on any atom is 3.00 e. The summed E-state index contributed by atoms with van der Waals surface area (Å²) in [6.45, 7) is 0. The second kappa shape index (κ2) is 15.8. The number of hydrogen-bond donors (Lipinski definition) is 0. The van der Waals surface area contributed by atoms with Crippen molar-refractivity contribution >= 4 is 23.5 Å². The fourth-order valence-electron chi connectivity index (χ4n) is 0. The van der Waals surface area contributed by atoms with Crippen LogP contribution in [-0.2, 0) is 36.5 Å². The molecule has 0 aromatic rings. The van der Waals surface area contributed by atoms with Gasteiger partial charge in [-0.1, -0.05) is 0 Å². The molecule has 0 amide bonds. The van der Waals surface area contributed by atoms with Gasteiger partial charge in [0.2, 0.25) is 0 Å². The zero-order chi connectivity index (χ0) is 3.58. The van der Waals surface area contributed by atoms with Crippen molar-refractivity contribution in [2.24, 2.45) is 0 Å². The number of carboxylic acid groups (broad SMARTS) is 2. The van der Waals surface area contributed by atoms with E-state index < -0.39 is 6.16 Å². The van der Waals surface area contributed by atoms with Crippen molar-refractivity contribution < 1.29 is 51.6 Å². The summed E-state index contributed by atoms with van der Waals surface area (Å²) in [5.41, 5.74) is 0. The molecule has 0 unspecified atom stereocenters. The quantitative estimate of drug-likeness (QED) is 0.410. The van der Waals surface area contributed by atoms with E-state index in [-0.39, 0.29) is 53.9 Å². The molecule has 0 aliphatic rings. The summed E-state index contributed by atoms with van der Waals surface area (Å²) < 4.78 is 0. The fraction of sp³-hybridized carbons (Fsp3) is 0. The Labute approximate surface area is 74.8 Å². The van der Waals surface area contributed by atoms with Crippen molar-refractivity contribution in [2.75, 3.05) is 0 Å². The van der Waals surface area contributed by atoms with Gasteiger partial charge in [-0.15, -0.1) is 0 Å². The number of rotatable bonds is 0. The molecule has 0 aromatic heterocycles. The smallest absolute Gasteiger partial charge is 0.652 e. The van der Waals surface area contributed by atoms with Gasteiger partial charge < -0.3 is 15.0 Å². The molecule has 0 bridgehead atoms. The first kappa shape index (κ1) is 24.6. The molecular weight excluding hydrogens is 216 g/mol. The number of carbonyl (C=O) groups excluding carboxylic acids is 1. The second-order valence-corrected chi connectivity index (χ2v) is 0.250. The van der Waals surface area contributed by atoms with Gasteiger partial charge in [-0.2, -0.15) is 0 Å². The van der Waals surface area contributed by atoms with Crippen LogP contribution in [0.25, 0.3) is 0 Å². The summed E-state index contributed by atoms with van der Waals surface area (Å²) in [4.78, 5) is 8.33. The van der Waals surface area contributed by atoms with E-state index in [1.807, 2.05) is 0 Å². The number of carbonyl (C=O) groups is 1. The SMILES string of the molecule is O=C([O-])[O-].[Al+3].[Cu+2].[Zn+2]. The summed E-state index contributed by atoms with van der Waals surface area (Å²) in [5, 5.41) is 16.7. The minimum absolute atomic E-state index is 0. The molecule has 0 aliphatic carbocycles. The van der Waals surface area contributed by atoms with Crippen LogP contribution in [0.15, 0.2) is 0 Å². The van der Waals surface area contributed by atoms with E-state index in [2.05, 4.69) is 0 Å². The van der Waals surface area contributed by atoms with E-state index in [1.54, 1.807) is 0 Å². The first-order chi connectivity index (χ1) is 1.73. The predicted molar refractivity (Wildman–Crippen MR) is 11.1 cm³/mol. The molecule has 0 saturated heterocycles. The third-order valence-corrected chi connectivity index (χ3v) is 0.